The van der Waals surface area contributed by atoms with E-state index in [1.54, 1.807) is 4.90 Å². The van der Waals surface area contributed by atoms with E-state index in [0.717, 1.165) is 44.6 Å². The lowest BCUT2D eigenvalue weighted by atomic mass is 9.93. The Hall–Kier alpha value is -1.61. The fraction of sp³-hybridized carbons (Fsp3) is 0.571. The largest absolute Gasteiger partial charge is 0.339 e. The number of carbonyl (C=O) groups excluding carboxylic acids is 1. The van der Waals surface area contributed by atoms with E-state index in [0.29, 0.717) is 18.4 Å². The van der Waals surface area contributed by atoms with Crippen molar-refractivity contribution in [2.24, 2.45) is 5.92 Å². The van der Waals surface area contributed by atoms with Gasteiger partial charge in [0.2, 0.25) is 5.91 Å². The van der Waals surface area contributed by atoms with E-state index in [1.165, 1.54) is 5.56 Å². The zero-order chi connectivity index (χ0) is 17.5. The van der Waals surface area contributed by atoms with Gasteiger partial charge in [-0.05, 0) is 19.4 Å². The van der Waals surface area contributed by atoms with Gasteiger partial charge in [0.25, 0.3) is 0 Å². The average Bonchev–Trinajstić information content (AvgIpc) is 2.60. The highest BCUT2D eigenvalue weighted by atomic mass is 16.2. The molecule has 0 saturated carbocycles. The van der Waals surface area contributed by atoms with Gasteiger partial charge < -0.3 is 9.80 Å². The monoisotopic (exact) mass is 329 g/mol. The number of nitrogens with one attached hydrogen (secondary N) is 1. The number of amides is 1. The molecule has 1 aliphatic rings. The average molecular weight is 330 g/mol. The van der Waals surface area contributed by atoms with Crippen LogP contribution in [0, 0.1) is 5.92 Å². The lowest BCUT2D eigenvalue weighted by molar-refractivity contribution is -0.907. The number of likely N-dealkylation sites (N-methyl/N-ethyl adjacent to an activating group) is 1. The summed E-state index contributed by atoms with van der Waals surface area (Å²) >= 11 is 0. The molecule has 0 bridgehead atoms. The lowest BCUT2D eigenvalue weighted by Crippen LogP contribution is -3.13. The number of hydrogen-bond donors (Lipinski definition) is 1. The molecule has 1 heterocycles. The first-order chi connectivity index (χ1) is 11.5. The molecule has 1 N–H and O–H groups in total. The van der Waals surface area contributed by atoms with E-state index in [4.69, 9.17) is 0 Å². The van der Waals surface area contributed by atoms with Gasteiger partial charge in [-0.2, -0.15) is 0 Å². The minimum Gasteiger partial charge on any atom is -0.339 e. The molecule has 2 rings (SSSR count). The lowest BCUT2D eigenvalue weighted by Gasteiger charge is -2.33. The summed E-state index contributed by atoms with van der Waals surface area (Å²) in [7, 11) is 0. The molecule has 1 atom stereocenters. The summed E-state index contributed by atoms with van der Waals surface area (Å²) in [5.41, 5.74) is 2.48. The van der Waals surface area contributed by atoms with Gasteiger partial charge in [-0.3, -0.25) is 4.79 Å². The SMILES string of the molecule is C=C(C)CN(CC)C(=O)C1CC[NH+](C[C@H](C)c2ccccc2)CC1. The first-order valence-corrected chi connectivity index (χ1v) is 9.33. The highest BCUT2D eigenvalue weighted by molar-refractivity contribution is 5.79. The maximum atomic E-state index is 12.7. The van der Waals surface area contributed by atoms with E-state index >= 15 is 0 Å². The van der Waals surface area contributed by atoms with Gasteiger partial charge in [-0.1, -0.05) is 49.4 Å². The Labute approximate surface area is 147 Å². The van der Waals surface area contributed by atoms with Crippen LogP contribution in [0.1, 0.15) is 45.1 Å². The normalized spacial score (nSPS) is 22.0. The molecule has 0 aromatic heterocycles. The van der Waals surface area contributed by atoms with Gasteiger partial charge in [-0.25, -0.2) is 0 Å². The highest BCUT2D eigenvalue weighted by Crippen LogP contribution is 2.16. The predicted octanol–water partition coefficient (Wildman–Crippen LogP) is 2.51. The van der Waals surface area contributed by atoms with Crippen LogP contribution in [-0.2, 0) is 4.79 Å². The van der Waals surface area contributed by atoms with Gasteiger partial charge in [0.15, 0.2) is 0 Å². The first kappa shape index (κ1) is 18.7. The molecule has 3 nitrogen and oxygen atoms in total. The second-order valence-electron chi connectivity index (χ2n) is 7.35. The molecular formula is C21H33N2O+. The Balaban J connectivity index is 1.82. The third-order valence-electron chi connectivity index (χ3n) is 5.16. The molecule has 132 valence electrons. The maximum Gasteiger partial charge on any atom is 0.226 e. The number of quaternary nitrogens is 1. The number of nitrogens with zero attached hydrogens (tertiary/aromatic N) is 1. The third-order valence-corrected chi connectivity index (χ3v) is 5.16. The van der Waals surface area contributed by atoms with E-state index < -0.39 is 0 Å². The molecule has 1 fully saturated rings. The van der Waals surface area contributed by atoms with Crippen LogP contribution in [0.25, 0.3) is 0 Å². The van der Waals surface area contributed by atoms with Crippen molar-refractivity contribution >= 4 is 5.91 Å². The fourth-order valence-electron chi connectivity index (χ4n) is 3.74. The molecule has 1 amide bonds. The molecule has 1 aromatic carbocycles. The zero-order valence-corrected chi connectivity index (χ0v) is 15.6. The molecule has 0 spiro atoms. The van der Waals surface area contributed by atoms with Gasteiger partial charge in [0.1, 0.15) is 0 Å². The summed E-state index contributed by atoms with van der Waals surface area (Å²) in [6, 6.07) is 10.7. The molecular weight excluding hydrogens is 296 g/mol. The summed E-state index contributed by atoms with van der Waals surface area (Å²) in [5, 5.41) is 0. The highest BCUT2D eigenvalue weighted by Gasteiger charge is 2.30. The number of rotatable bonds is 7. The molecule has 3 heteroatoms. The van der Waals surface area contributed by atoms with Crippen LogP contribution in [0.3, 0.4) is 0 Å². The van der Waals surface area contributed by atoms with Crippen molar-refractivity contribution in [2.45, 2.75) is 39.5 Å². The van der Waals surface area contributed by atoms with E-state index in [9.17, 15) is 4.79 Å². The smallest absolute Gasteiger partial charge is 0.226 e. The van der Waals surface area contributed by atoms with Crippen LogP contribution in [0.5, 0.6) is 0 Å². The van der Waals surface area contributed by atoms with E-state index in [-0.39, 0.29) is 5.92 Å². The second-order valence-corrected chi connectivity index (χ2v) is 7.35. The van der Waals surface area contributed by atoms with E-state index in [2.05, 4.69) is 50.8 Å². The topological polar surface area (TPSA) is 24.8 Å². The summed E-state index contributed by atoms with van der Waals surface area (Å²) in [5.74, 6) is 1.11. The Morgan fingerprint density at radius 3 is 2.46 bits per heavy atom. The molecule has 1 aromatic rings. The van der Waals surface area contributed by atoms with Crippen molar-refractivity contribution in [1.82, 2.24) is 4.90 Å². The van der Waals surface area contributed by atoms with Crippen LogP contribution >= 0.6 is 0 Å². The summed E-state index contributed by atoms with van der Waals surface area (Å²) in [4.78, 5) is 16.3. The Bertz CT molecular complexity index is 532. The number of hydrogen-bond acceptors (Lipinski definition) is 1. The Morgan fingerprint density at radius 1 is 1.29 bits per heavy atom. The third kappa shape index (κ3) is 5.20. The number of benzene rings is 1. The molecule has 0 unspecified atom stereocenters. The molecule has 24 heavy (non-hydrogen) atoms. The van der Waals surface area contributed by atoms with Crippen molar-refractivity contribution in [3.8, 4) is 0 Å². The Morgan fingerprint density at radius 2 is 1.92 bits per heavy atom. The van der Waals surface area contributed by atoms with Gasteiger partial charge in [0.05, 0.1) is 19.6 Å². The van der Waals surface area contributed by atoms with Crippen LogP contribution in [-0.4, -0.2) is 43.5 Å². The van der Waals surface area contributed by atoms with E-state index in [1.807, 2.05) is 11.8 Å². The van der Waals surface area contributed by atoms with Crippen molar-refractivity contribution in [3.63, 3.8) is 0 Å². The number of piperidine rings is 1. The first-order valence-electron chi connectivity index (χ1n) is 9.33. The molecule has 0 radical (unpaired) electrons. The van der Waals surface area contributed by atoms with Gasteiger partial charge >= 0.3 is 0 Å². The maximum absolute atomic E-state index is 12.7. The fourth-order valence-corrected chi connectivity index (χ4v) is 3.74. The Kier molecular flexibility index (Phi) is 7.04. The second kappa shape index (κ2) is 9.03. The minimum atomic E-state index is 0.208. The minimum absolute atomic E-state index is 0.208. The standard InChI is InChI=1S/C21H32N2O/c1-5-23(15-17(2)3)21(24)20-11-13-22(14-12-20)16-18(4)19-9-7-6-8-10-19/h6-10,18,20H,2,5,11-16H2,1,3-4H3/p+1/t18-/m0/s1. The number of likely N-dealkylation sites (tertiary alicyclic amines) is 1. The van der Waals surface area contributed by atoms with Crippen LogP contribution < -0.4 is 4.90 Å². The molecule has 1 aliphatic heterocycles. The van der Waals surface area contributed by atoms with Crippen molar-refractivity contribution in [2.75, 3.05) is 32.7 Å². The van der Waals surface area contributed by atoms with Crippen molar-refractivity contribution < 1.29 is 9.69 Å². The van der Waals surface area contributed by atoms with Crippen LogP contribution in [0.2, 0.25) is 0 Å². The predicted molar refractivity (Wildman–Crippen MR) is 100 cm³/mol. The van der Waals surface area contributed by atoms with Crippen molar-refractivity contribution in [3.05, 3.63) is 48.0 Å². The summed E-state index contributed by atoms with van der Waals surface area (Å²) in [6.45, 7) is 15.2. The van der Waals surface area contributed by atoms with Gasteiger partial charge in [0, 0.05) is 37.8 Å². The van der Waals surface area contributed by atoms with Crippen LogP contribution in [0.15, 0.2) is 42.5 Å². The molecule has 0 aliphatic carbocycles. The number of carbonyl (C=O) groups is 1. The van der Waals surface area contributed by atoms with Gasteiger partial charge in [-0.15, -0.1) is 0 Å². The zero-order valence-electron chi connectivity index (χ0n) is 15.6. The van der Waals surface area contributed by atoms with Crippen molar-refractivity contribution in [1.29, 1.82) is 0 Å². The molecule has 1 saturated heterocycles. The summed E-state index contributed by atoms with van der Waals surface area (Å²) < 4.78 is 0. The van der Waals surface area contributed by atoms with Crippen LogP contribution in [0.4, 0.5) is 0 Å². The summed E-state index contributed by atoms with van der Waals surface area (Å²) in [6.07, 6.45) is 2.03. The quantitative estimate of drug-likeness (QED) is 0.764.